The zero-order valence-electron chi connectivity index (χ0n) is 12.2. The van der Waals surface area contributed by atoms with Crippen molar-refractivity contribution in [2.45, 2.75) is 31.2 Å². The fraction of sp³-hybridized carbons (Fsp3) is 0.600. The molecular weight excluding hydrogens is 238 g/mol. The summed E-state index contributed by atoms with van der Waals surface area (Å²) in [7, 11) is 6.01. The zero-order valence-corrected chi connectivity index (χ0v) is 12.2. The summed E-state index contributed by atoms with van der Waals surface area (Å²) in [5, 5.41) is 3.52. The third-order valence-electron chi connectivity index (χ3n) is 4.27. The predicted octanol–water partition coefficient (Wildman–Crippen LogP) is 2.56. The predicted molar refractivity (Wildman–Crippen MR) is 80.8 cm³/mol. The number of rotatable bonds is 5. The second-order valence-electron chi connectivity index (χ2n) is 5.67. The molecule has 4 nitrogen and oxygen atoms in total. The molecule has 0 heterocycles. The van der Waals surface area contributed by atoms with E-state index in [2.05, 4.69) is 24.3 Å². The summed E-state index contributed by atoms with van der Waals surface area (Å²) in [6.07, 6.45) is 5.15. The van der Waals surface area contributed by atoms with Gasteiger partial charge >= 0.3 is 0 Å². The first-order valence-electron chi connectivity index (χ1n) is 6.92. The normalized spacial score (nSPS) is 17.7. The first-order chi connectivity index (χ1) is 9.05. The van der Waals surface area contributed by atoms with Crippen molar-refractivity contribution in [1.82, 2.24) is 4.90 Å². The maximum absolute atomic E-state index is 5.88. The number of hydrogen-bond acceptors (Lipinski definition) is 4. The van der Waals surface area contributed by atoms with Crippen molar-refractivity contribution >= 4 is 11.4 Å². The molecule has 1 saturated carbocycles. The van der Waals surface area contributed by atoms with Crippen LogP contribution in [-0.2, 0) is 0 Å². The molecule has 1 aliphatic rings. The average Bonchev–Trinajstić information content (AvgIpc) is 2.86. The van der Waals surface area contributed by atoms with Crippen LogP contribution in [0.5, 0.6) is 5.75 Å². The van der Waals surface area contributed by atoms with Gasteiger partial charge in [0.1, 0.15) is 5.75 Å². The van der Waals surface area contributed by atoms with Gasteiger partial charge in [0.05, 0.1) is 7.11 Å². The van der Waals surface area contributed by atoms with E-state index in [4.69, 9.17) is 10.5 Å². The molecule has 0 radical (unpaired) electrons. The first kappa shape index (κ1) is 14.0. The molecule has 0 aliphatic heterocycles. The summed E-state index contributed by atoms with van der Waals surface area (Å²) in [4.78, 5) is 2.36. The minimum atomic E-state index is 0.276. The van der Waals surface area contributed by atoms with Gasteiger partial charge in [0.15, 0.2) is 0 Å². The molecule has 0 aromatic heterocycles. The van der Waals surface area contributed by atoms with Crippen LogP contribution in [0.4, 0.5) is 11.4 Å². The van der Waals surface area contributed by atoms with Crippen LogP contribution < -0.4 is 15.8 Å². The molecule has 3 N–H and O–H groups in total. The van der Waals surface area contributed by atoms with Gasteiger partial charge in [-0.25, -0.2) is 0 Å². The highest BCUT2D eigenvalue weighted by atomic mass is 16.5. The molecule has 0 atom stereocenters. The molecule has 4 heteroatoms. The van der Waals surface area contributed by atoms with Crippen molar-refractivity contribution in [1.29, 1.82) is 0 Å². The van der Waals surface area contributed by atoms with E-state index in [0.717, 1.165) is 23.7 Å². The Hall–Kier alpha value is -1.42. The summed E-state index contributed by atoms with van der Waals surface area (Å²) in [5.74, 6) is 0.799. The number of methoxy groups -OCH3 is 1. The molecule has 1 fully saturated rings. The molecular formula is C15H25N3O. The van der Waals surface area contributed by atoms with Crippen molar-refractivity contribution in [3.63, 3.8) is 0 Å². The summed E-state index contributed by atoms with van der Waals surface area (Å²) >= 11 is 0. The Morgan fingerprint density at radius 3 is 2.53 bits per heavy atom. The smallest absolute Gasteiger partial charge is 0.122 e. The minimum Gasteiger partial charge on any atom is -0.497 e. The third-order valence-corrected chi connectivity index (χ3v) is 4.27. The van der Waals surface area contributed by atoms with Gasteiger partial charge in [0.25, 0.3) is 0 Å². The molecule has 19 heavy (non-hydrogen) atoms. The van der Waals surface area contributed by atoms with Crippen LogP contribution in [0.3, 0.4) is 0 Å². The third kappa shape index (κ3) is 3.13. The van der Waals surface area contributed by atoms with E-state index in [1.165, 1.54) is 25.7 Å². The Morgan fingerprint density at radius 2 is 1.95 bits per heavy atom. The van der Waals surface area contributed by atoms with Crippen LogP contribution in [0.15, 0.2) is 18.2 Å². The number of nitrogens with one attached hydrogen (secondary N) is 1. The topological polar surface area (TPSA) is 50.5 Å². The van der Waals surface area contributed by atoms with Gasteiger partial charge in [-0.2, -0.15) is 0 Å². The van der Waals surface area contributed by atoms with Crippen LogP contribution in [0.2, 0.25) is 0 Å². The second kappa shape index (κ2) is 5.70. The summed E-state index contributed by atoms with van der Waals surface area (Å²) in [6.45, 7) is 0.951. The van der Waals surface area contributed by atoms with Gasteiger partial charge < -0.3 is 20.7 Å². The molecule has 0 saturated heterocycles. The van der Waals surface area contributed by atoms with Gasteiger partial charge in [0.2, 0.25) is 0 Å². The van der Waals surface area contributed by atoms with Crippen LogP contribution in [-0.4, -0.2) is 38.2 Å². The molecule has 106 valence electrons. The Morgan fingerprint density at radius 1 is 1.26 bits per heavy atom. The maximum atomic E-state index is 5.88. The second-order valence-corrected chi connectivity index (χ2v) is 5.67. The number of anilines is 2. The number of nitrogen functional groups attached to an aromatic ring is 1. The SMILES string of the molecule is COc1cc(N)cc(NCC2(N(C)C)CCCC2)c1. The Bertz CT molecular complexity index is 425. The summed E-state index contributed by atoms with van der Waals surface area (Å²) in [5.41, 5.74) is 7.92. The molecule has 2 rings (SSSR count). The van der Waals surface area contributed by atoms with Crippen molar-refractivity contribution in [2.75, 3.05) is 38.8 Å². The Kier molecular flexibility index (Phi) is 4.20. The van der Waals surface area contributed by atoms with E-state index in [9.17, 15) is 0 Å². The van der Waals surface area contributed by atoms with Gasteiger partial charge in [0, 0.05) is 35.6 Å². The van der Waals surface area contributed by atoms with E-state index in [1.807, 2.05) is 18.2 Å². The van der Waals surface area contributed by atoms with E-state index >= 15 is 0 Å². The van der Waals surface area contributed by atoms with Crippen LogP contribution in [0, 0.1) is 0 Å². The number of benzene rings is 1. The van der Waals surface area contributed by atoms with E-state index in [1.54, 1.807) is 7.11 Å². The lowest BCUT2D eigenvalue weighted by Crippen LogP contribution is -2.47. The quantitative estimate of drug-likeness (QED) is 0.802. The van der Waals surface area contributed by atoms with Crippen LogP contribution in [0.25, 0.3) is 0 Å². The van der Waals surface area contributed by atoms with E-state index in [-0.39, 0.29) is 5.54 Å². The monoisotopic (exact) mass is 263 g/mol. The fourth-order valence-electron chi connectivity index (χ4n) is 2.92. The largest absolute Gasteiger partial charge is 0.497 e. The van der Waals surface area contributed by atoms with E-state index < -0.39 is 0 Å². The number of nitrogens with two attached hydrogens (primary N) is 1. The maximum Gasteiger partial charge on any atom is 0.122 e. The lowest BCUT2D eigenvalue weighted by atomic mass is 9.96. The van der Waals surface area contributed by atoms with Gasteiger partial charge in [-0.3, -0.25) is 0 Å². The van der Waals surface area contributed by atoms with E-state index in [0.29, 0.717) is 0 Å². The number of hydrogen-bond donors (Lipinski definition) is 2. The molecule has 1 aromatic carbocycles. The number of ether oxygens (including phenoxy) is 1. The lowest BCUT2D eigenvalue weighted by Gasteiger charge is -2.36. The van der Waals surface area contributed by atoms with Crippen molar-refractivity contribution < 1.29 is 4.74 Å². The van der Waals surface area contributed by atoms with Gasteiger partial charge in [-0.1, -0.05) is 12.8 Å². The van der Waals surface area contributed by atoms with Crippen LogP contribution >= 0.6 is 0 Å². The molecule has 0 amide bonds. The lowest BCUT2D eigenvalue weighted by molar-refractivity contribution is 0.172. The Balaban J connectivity index is 2.07. The first-order valence-corrected chi connectivity index (χ1v) is 6.92. The zero-order chi connectivity index (χ0) is 13.9. The molecule has 0 bridgehead atoms. The molecule has 1 aromatic rings. The molecule has 0 unspecified atom stereocenters. The highest BCUT2D eigenvalue weighted by Crippen LogP contribution is 2.34. The van der Waals surface area contributed by atoms with Crippen molar-refractivity contribution in [3.8, 4) is 5.75 Å². The highest BCUT2D eigenvalue weighted by molar-refractivity contribution is 5.59. The summed E-state index contributed by atoms with van der Waals surface area (Å²) < 4.78 is 5.25. The fourth-order valence-corrected chi connectivity index (χ4v) is 2.92. The van der Waals surface area contributed by atoms with Crippen LogP contribution in [0.1, 0.15) is 25.7 Å². The average molecular weight is 263 g/mol. The standard InChI is InChI=1S/C15H25N3O/c1-18(2)15(6-4-5-7-15)11-17-13-8-12(16)9-14(10-13)19-3/h8-10,17H,4-7,11,16H2,1-3H3. The number of nitrogens with zero attached hydrogens (tertiary/aromatic N) is 1. The Labute approximate surface area is 115 Å². The minimum absolute atomic E-state index is 0.276. The van der Waals surface area contributed by atoms with Gasteiger partial charge in [-0.05, 0) is 33.0 Å². The van der Waals surface area contributed by atoms with Gasteiger partial charge in [-0.15, -0.1) is 0 Å². The summed E-state index contributed by atoms with van der Waals surface area (Å²) in [6, 6.07) is 5.79. The molecule has 1 aliphatic carbocycles. The molecule has 0 spiro atoms. The van der Waals surface area contributed by atoms with Crippen molar-refractivity contribution in [2.24, 2.45) is 0 Å². The highest BCUT2D eigenvalue weighted by Gasteiger charge is 2.35. The van der Waals surface area contributed by atoms with Crippen molar-refractivity contribution in [3.05, 3.63) is 18.2 Å². The number of likely N-dealkylation sites (N-methyl/N-ethyl adjacent to an activating group) is 1.